The number of halogens is 1. The van der Waals surface area contributed by atoms with Gasteiger partial charge in [-0.15, -0.1) is 0 Å². The van der Waals surface area contributed by atoms with Crippen molar-refractivity contribution in [3.8, 4) is 11.4 Å². The fourth-order valence-corrected chi connectivity index (χ4v) is 3.68. The fraction of sp³-hybridized carbons (Fsp3) is 0.238. The van der Waals surface area contributed by atoms with Gasteiger partial charge in [0.2, 0.25) is 0 Å². The lowest BCUT2D eigenvalue weighted by molar-refractivity contribution is 0.0288. The summed E-state index contributed by atoms with van der Waals surface area (Å²) < 4.78 is 14.5. The largest absolute Gasteiger partial charge is 0.497 e. The molecule has 134 valence electrons. The van der Waals surface area contributed by atoms with Crippen molar-refractivity contribution in [3.05, 3.63) is 82.6 Å². The summed E-state index contributed by atoms with van der Waals surface area (Å²) in [5.41, 5.74) is 3.56. The minimum absolute atomic E-state index is 0.00879. The Balaban J connectivity index is 1.51. The number of methoxy groups -OCH3 is 1. The first kappa shape index (κ1) is 17.3. The summed E-state index contributed by atoms with van der Waals surface area (Å²) in [7, 11) is 1.69. The van der Waals surface area contributed by atoms with Crippen LogP contribution in [-0.4, -0.2) is 29.7 Å². The molecule has 0 amide bonds. The Morgan fingerprint density at radius 3 is 2.77 bits per heavy atom. The van der Waals surface area contributed by atoms with E-state index in [0.717, 1.165) is 35.6 Å². The van der Waals surface area contributed by atoms with E-state index in [1.54, 1.807) is 7.11 Å². The van der Waals surface area contributed by atoms with Crippen molar-refractivity contribution in [2.24, 2.45) is 0 Å². The predicted octanol–water partition coefficient (Wildman–Crippen LogP) is 4.78. The topological polar surface area (TPSA) is 26.6 Å². The van der Waals surface area contributed by atoms with Crippen LogP contribution in [0.15, 0.2) is 71.5 Å². The second-order valence-corrected chi connectivity index (χ2v) is 7.29. The zero-order chi connectivity index (χ0) is 17.9. The SMILES string of the molecule is COc1ccc(CN2CCO[C@@H]2c2ccn(-c3cccc(Br)c3)c2)cc1. The minimum Gasteiger partial charge on any atom is -0.497 e. The molecule has 1 atom stereocenters. The van der Waals surface area contributed by atoms with Crippen molar-refractivity contribution in [1.29, 1.82) is 0 Å². The molecule has 0 bridgehead atoms. The maximum Gasteiger partial charge on any atom is 0.138 e. The zero-order valence-corrected chi connectivity index (χ0v) is 16.2. The first-order valence-electron chi connectivity index (χ1n) is 8.65. The summed E-state index contributed by atoms with van der Waals surface area (Å²) in [5.74, 6) is 0.883. The van der Waals surface area contributed by atoms with E-state index in [0.29, 0.717) is 0 Å². The zero-order valence-electron chi connectivity index (χ0n) is 14.6. The Kier molecular flexibility index (Phi) is 5.11. The molecule has 4 nitrogen and oxygen atoms in total. The number of rotatable bonds is 5. The Hall–Kier alpha value is -2.08. The first-order chi connectivity index (χ1) is 12.7. The van der Waals surface area contributed by atoms with Crippen molar-refractivity contribution < 1.29 is 9.47 Å². The average Bonchev–Trinajstić information content (AvgIpc) is 3.31. The van der Waals surface area contributed by atoms with Gasteiger partial charge in [-0.05, 0) is 42.0 Å². The van der Waals surface area contributed by atoms with Crippen LogP contribution < -0.4 is 4.74 Å². The summed E-state index contributed by atoms with van der Waals surface area (Å²) in [4.78, 5) is 2.36. The van der Waals surface area contributed by atoms with Crippen LogP contribution in [0.2, 0.25) is 0 Å². The highest BCUT2D eigenvalue weighted by Crippen LogP contribution is 2.30. The molecule has 1 saturated heterocycles. The monoisotopic (exact) mass is 412 g/mol. The van der Waals surface area contributed by atoms with E-state index < -0.39 is 0 Å². The van der Waals surface area contributed by atoms with E-state index in [2.05, 4.69) is 68.1 Å². The van der Waals surface area contributed by atoms with E-state index in [9.17, 15) is 0 Å². The molecule has 0 radical (unpaired) electrons. The van der Waals surface area contributed by atoms with Crippen LogP contribution in [0.25, 0.3) is 5.69 Å². The van der Waals surface area contributed by atoms with E-state index in [1.165, 1.54) is 11.1 Å². The predicted molar refractivity (Wildman–Crippen MR) is 106 cm³/mol. The summed E-state index contributed by atoms with van der Waals surface area (Å²) >= 11 is 3.53. The van der Waals surface area contributed by atoms with Gasteiger partial charge in [0.25, 0.3) is 0 Å². The highest BCUT2D eigenvalue weighted by molar-refractivity contribution is 9.10. The Morgan fingerprint density at radius 1 is 1.15 bits per heavy atom. The van der Waals surface area contributed by atoms with Gasteiger partial charge >= 0.3 is 0 Å². The van der Waals surface area contributed by atoms with Crippen LogP contribution in [0.3, 0.4) is 0 Å². The molecule has 1 aliphatic rings. The number of benzene rings is 2. The third kappa shape index (κ3) is 3.70. The number of hydrogen-bond donors (Lipinski definition) is 0. The Morgan fingerprint density at radius 2 is 2.00 bits per heavy atom. The van der Waals surface area contributed by atoms with Crippen LogP contribution in [0.4, 0.5) is 0 Å². The molecule has 3 aromatic rings. The lowest BCUT2D eigenvalue weighted by Gasteiger charge is -2.22. The third-order valence-electron chi connectivity index (χ3n) is 4.64. The van der Waals surface area contributed by atoms with Crippen molar-refractivity contribution >= 4 is 15.9 Å². The number of ether oxygens (including phenoxy) is 2. The van der Waals surface area contributed by atoms with E-state index in [1.807, 2.05) is 24.3 Å². The molecule has 0 spiro atoms. The molecule has 0 saturated carbocycles. The molecule has 1 fully saturated rings. The second kappa shape index (κ2) is 7.66. The van der Waals surface area contributed by atoms with Gasteiger partial charge in [-0.3, -0.25) is 4.90 Å². The minimum atomic E-state index is -0.00879. The lowest BCUT2D eigenvalue weighted by Crippen LogP contribution is -2.23. The van der Waals surface area contributed by atoms with E-state index in [-0.39, 0.29) is 6.23 Å². The fourth-order valence-electron chi connectivity index (χ4n) is 3.30. The van der Waals surface area contributed by atoms with E-state index >= 15 is 0 Å². The summed E-state index contributed by atoms with van der Waals surface area (Å²) in [6.07, 6.45) is 4.23. The van der Waals surface area contributed by atoms with Crippen LogP contribution >= 0.6 is 15.9 Å². The van der Waals surface area contributed by atoms with Gasteiger partial charge in [0.05, 0.1) is 13.7 Å². The molecular formula is C21H21BrN2O2. The molecule has 1 aromatic heterocycles. The van der Waals surface area contributed by atoms with Gasteiger partial charge in [-0.1, -0.05) is 34.1 Å². The van der Waals surface area contributed by atoms with Crippen molar-refractivity contribution in [1.82, 2.24) is 9.47 Å². The van der Waals surface area contributed by atoms with Crippen molar-refractivity contribution in [2.75, 3.05) is 20.3 Å². The Labute approximate surface area is 162 Å². The number of nitrogens with zero attached hydrogens (tertiary/aromatic N) is 2. The second-order valence-electron chi connectivity index (χ2n) is 6.37. The third-order valence-corrected chi connectivity index (χ3v) is 5.13. The van der Waals surface area contributed by atoms with Gasteiger partial charge in [0.1, 0.15) is 12.0 Å². The van der Waals surface area contributed by atoms with Gasteiger partial charge in [-0.25, -0.2) is 0 Å². The molecular weight excluding hydrogens is 392 g/mol. The molecule has 4 rings (SSSR count). The number of aromatic nitrogens is 1. The molecule has 1 aliphatic heterocycles. The van der Waals surface area contributed by atoms with Gasteiger partial charge in [0.15, 0.2) is 0 Å². The summed E-state index contributed by atoms with van der Waals surface area (Å²) in [6.45, 7) is 2.54. The maximum absolute atomic E-state index is 6.02. The van der Waals surface area contributed by atoms with Gasteiger partial charge in [0, 0.05) is 41.2 Å². The Bertz CT molecular complexity index is 876. The van der Waals surface area contributed by atoms with Crippen molar-refractivity contribution in [3.63, 3.8) is 0 Å². The van der Waals surface area contributed by atoms with Crippen LogP contribution in [0.1, 0.15) is 17.4 Å². The molecule has 26 heavy (non-hydrogen) atoms. The molecule has 0 N–H and O–H groups in total. The van der Waals surface area contributed by atoms with Crippen LogP contribution in [0, 0.1) is 0 Å². The highest BCUT2D eigenvalue weighted by Gasteiger charge is 2.27. The van der Waals surface area contributed by atoms with E-state index in [4.69, 9.17) is 9.47 Å². The molecule has 5 heteroatoms. The van der Waals surface area contributed by atoms with Crippen LogP contribution in [-0.2, 0) is 11.3 Å². The lowest BCUT2D eigenvalue weighted by atomic mass is 10.2. The highest BCUT2D eigenvalue weighted by atomic mass is 79.9. The molecule has 0 unspecified atom stereocenters. The smallest absolute Gasteiger partial charge is 0.138 e. The maximum atomic E-state index is 6.02. The standard InChI is InChI=1S/C21H21BrN2O2/c1-25-20-7-5-16(6-8-20)14-24-11-12-26-21(24)17-9-10-23(15-17)19-4-2-3-18(22)13-19/h2-10,13,15,21H,11-12,14H2,1H3/t21-/m1/s1. The number of hydrogen-bond acceptors (Lipinski definition) is 3. The quantitative estimate of drug-likeness (QED) is 0.603. The molecule has 0 aliphatic carbocycles. The average molecular weight is 413 g/mol. The first-order valence-corrected chi connectivity index (χ1v) is 9.45. The summed E-state index contributed by atoms with van der Waals surface area (Å²) in [5, 5.41) is 0. The normalized spacial score (nSPS) is 17.5. The summed E-state index contributed by atoms with van der Waals surface area (Å²) in [6, 6.07) is 18.6. The van der Waals surface area contributed by atoms with Gasteiger partial charge in [-0.2, -0.15) is 0 Å². The van der Waals surface area contributed by atoms with Crippen LogP contribution in [0.5, 0.6) is 5.75 Å². The molecule has 2 aromatic carbocycles. The van der Waals surface area contributed by atoms with Gasteiger partial charge < -0.3 is 14.0 Å². The molecule has 2 heterocycles. The van der Waals surface area contributed by atoms with Crippen molar-refractivity contribution in [2.45, 2.75) is 12.8 Å².